The summed E-state index contributed by atoms with van der Waals surface area (Å²) >= 11 is 0. The van der Waals surface area contributed by atoms with Crippen molar-refractivity contribution in [1.29, 1.82) is 0 Å². The molecule has 0 heterocycles. The smallest absolute Gasteiger partial charge is 0.204 e. The molecule has 142 valence electrons. The summed E-state index contributed by atoms with van der Waals surface area (Å²) in [5, 5.41) is 8.89. The number of phenolic OH excluding ortho intramolecular Hbond substituents is 1. The van der Waals surface area contributed by atoms with Crippen LogP contribution < -0.4 is 0 Å². The predicted molar refractivity (Wildman–Crippen MR) is 76.4 cm³/mol. The number of aromatic hydroxyl groups is 1. The van der Waals surface area contributed by atoms with Crippen LogP contribution in [0.1, 0.15) is 31.7 Å². The van der Waals surface area contributed by atoms with Crippen molar-refractivity contribution in [3.05, 3.63) is 52.1 Å². The second-order valence-corrected chi connectivity index (χ2v) is 5.55. The normalized spacial score (nSPS) is 11.3. The van der Waals surface area contributed by atoms with Crippen molar-refractivity contribution in [2.45, 2.75) is 32.6 Å². The number of hydrogen-bond donors (Lipinski definition) is 1. The SMILES string of the molecule is CCCCCc1c(F)c(F)c(-c2c(F)c(F)c(O)c(F)c2F)c(F)c1F. The van der Waals surface area contributed by atoms with Gasteiger partial charge in [-0.1, -0.05) is 19.8 Å². The number of phenols is 1. The Hall–Kier alpha value is -2.32. The molecule has 0 spiro atoms. The maximum atomic E-state index is 14.2. The Morgan fingerprint density at radius 3 is 1.35 bits per heavy atom. The lowest BCUT2D eigenvalue weighted by molar-refractivity contribution is 0.357. The molecular formula is C17H12F8O. The summed E-state index contributed by atoms with van der Waals surface area (Å²) in [5.41, 5.74) is -4.91. The van der Waals surface area contributed by atoms with Gasteiger partial charge in [0, 0.05) is 5.56 Å². The van der Waals surface area contributed by atoms with Gasteiger partial charge in [-0.3, -0.25) is 0 Å². The van der Waals surface area contributed by atoms with Gasteiger partial charge in [0.15, 0.2) is 40.7 Å². The van der Waals surface area contributed by atoms with Crippen molar-refractivity contribution in [2.75, 3.05) is 0 Å². The quantitative estimate of drug-likeness (QED) is 0.386. The molecular weight excluding hydrogens is 372 g/mol. The first-order valence-electron chi connectivity index (χ1n) is 7.55. The van der Waals surface area contributed by atoms with Gasteiger partial charge in [0.1, 0.15) is 0 Å². The van der Waals surface area contributed by atoms with E-state index < -0.39 is 69.0 Å². The summed E-state index contributed by atoms with van der Waals surface area (Å²) in [5.74, 6) is -19.8. The molecule has 0 aliphatic carbocycles. The van der Waals surface area contributed by atoms with Gasteiger partial charge >= 0.3 is 0 Å². The molecule has 0 aromatic heterocycles. The van der Waals surface area contributed by atoms with Crippen LogP contribution in [-0.4, -0.2) is 5.11 Å². The number of benzene rings is 2. The first kappa shape index (κ1) is 20.0. The molecule has 0 radical (unpaired) electrons. The molecule has 0 fully saturated rings. The third kappa shape index (κ3) is 3.10. The van der Waals surface area contributed by atoms with E-state index in [0.29, 0.717) is 12.8 Å². The van der Waals surface area contributed by atoms with Gasteiger partial charge in [-0.2, -0.15) is 8.78 Å². The second kappa shape index (κ2) is 7.51. The van der Waals surface area contributed by atoms with Crippen molar-refractivity contribution in [2.24, 2.45) is 0 Å². The van der Waals surface area contributed by atoms with Crippen LogP contribution in [0.3, 0.4) is 0 Å². The van der Waals surface area contributed by atoms with Crippen molar-refractivity contribution in [3.63, 3.8) is 0 Å². The summed E-state index contributed by atoms with van der Waals surface area (Å²) in [6, 6.07) is 0. The van der Waals surface area contributed by atoms with Crippen molar-refractivity contribution in [1.82, 2.24) is 0 Å². The summed E-state index contributed by atoms with van der Waals surface area (Å²) < 4.78 is 111. The number of unbranched alkanes of at least 4 members (excludes halogenated alkanes) is 2. The van der Waals surface area contributed by atoms with E-state index in [1.807, 2.05) is 0 Å². The topological polar surface area (TPSA) is 20.2 Å². The first-order chi connectivity index (χ1) is 12.1. The van der Waals surface area contributed by atoms with E-state index in [2.05, 4.69) is 0 Å². The van der Waals surface area contributed by atoms with E-state index in [1.54, 1.807) is 6.92 Å². The Labute approximate surface area is 142 Å². The van der Waals surface area contributed by atoms with Crippen LogP contribution in [0.2, 0.25) is 0 Å². The minimum atomic E-state index is -2.39. The minimum absolute atomic E-state index is 0.188. The van der Waals surface area contributed by atoms with Crippen molar-refractivity contribution in [3.8, 4) is 16.9 Å². The fraction of sp³-hybridized carbons (Fsp3) is 0.294. The Morgan fingerprint density at radius 1 is 0.577 bits per heavy atom. The van der Waals surface area contributed by atoms with E-state index in [1.165, 1.54) is 0 Å². The Bertz CT molecular complexity index is 805. The highest BCUT2D eigenvalue weighted by atomic mass is 19.2. The van der Waals surface area contributed by atoms with Gasteiger partial charge in [-0.15, -0.1) is 0 Å². The van der Waals surface area contributed by atoms with Crippen molar-refractivity contribution >= 4 is 0 Å². The first-order valence-corrected chi connectivity index (χ1v) is 7.55. The van der Waals surface area contributed by atoms with E-state index >= 15 is 0 Å². The zero-order valence-electron chi connectivity index (χ0n) is 13.3. The molecule has 2 rings (SSSR count). The van der Waals surface area contributed by atoms with Gasteiger partial charge in [-0.25, -0.2) is 26.3 Å². The Morgan fingerprint density at radius 2 is 0.962 bits per heavy atom. The van der Waals surface area contributed by atoms with Gasteiger partial charge in [0.05, 0.1) is 11.1 Å². The molecule has 0 saturated heterocycles. The molecule has 0 unspecified atom stereocenters. The zero-order valence-corrected chi connectivity index (χ0v) is 13.3. The zero-order chi connectivity index (χ0) is 19.8. The summed E-state index contributed by atoms with van der Waals surface area (Å²) in [6.07, 6.45) is 0.951. The minimum Gasteiger partial charge on any atom is -0.503 e. The monoisotopic (exact) mass is 384 g/mol. The van der Waals surface area contributed by atoms with Crippen LogP contribution in [0.25, 0.3) is 11.1 Å². The summed E-state index contributed by atoms with van der Waals surface area (Å²) in [7, 11) is 0. The molecule has 0 aliphatic heterocycles. The second-order valence-electron chi connectivity index (χ2n) is 5.55. The maximum Gasteiger partial charge on any atom is 0.204 e. The van der Waals surface area contributed by atoms with Gasteiger partial charge in [-0.05, 0) is 12.8 Å². The highest BCUT2D eigenvalue weighted by Crippen LogP contribution is 2.39. The fourth-order valence-corrected chi connectivity index (χ4v) is 2.51. The average Bonchev–Trinajstić information content (AvgIpc) is 2.62. The number of halogens is 8. The molecule has 2 aromatic rings. The molecule has 9 heteroatoms. The largest absolute Gasteiger partial charge is 0.503 e. The molecule has 0 saturated carbocycles. The lowest BCUT2D eigenvalue weighted by atomic mass is 9.97. The Kier molecular flexibility index (Phi) is 5.77. The lowest BCUT2D eigenvalue weighted by Gasteiger charge is -2.14. The van der Waals surface area contributed by atoms with Gasteiger partial charge in [0.25, 0.3) is 0 Å². The van der Waals surface area contributed by atoms with Crippen LogP contribution in [0, 0.1) is 46.5 Å². The number of rotatable bonds is 5. The molecule has 0 aliphatic rings. The molecule has 1 nitrogen and oxygen atoms in total. The van der Waals surface area contributed by atoms with Crippen LogP contribution >= 0.6 is 0 Å². The Balaban J connectivity index is 2.78. The summed E-state index contributed by atoms with van der Waals surface area (Å²) in [4.78, 5) is 0. The third-order valence-corrected chi connectivity index (χ3v) is 3.87. The highest BCUT2D eigenvalue weighted by Gasteiger charge is 2.33. The van der Waals surface area contributed by atoms with Crippen molar-refractivity contribution < 1.29 is 40.2 Å². The predicted octanol–water partition coefficient (Wildman–Crippen LogP) is 5.90. The average molecular weight is 384 g/mol. The molecule has 1 N–H and O–H groups in total. The van der Waals surface area contributed by atoms with E-state index in [-0.39, 0.29) is 12.8 Å². The van der Waals surface area contributed by atoms with Crippen LogP contribution in [0.4, 0.5) is 35.1 Å². The molecule has 0 atom stereocenters. The summed E-state index contributed by atoms with van der Waals surface area (Å²) in [6.45, 7) is 1.77. The van der Waals surface area contributed by atoms with Crippen LogP contribution in [0.5, 0.6) is 5.75 Å². The van der Waals surface area contributed by atoms with Gasteiger partial charge < -0.3 is 5.11 Å². The highest BCUT2D eigenvalue weighted by molar-refractivity contribution is 5.68. The third-order valence-electron chi connectivity index (χ3n) is 3.87. The molecule has 26 heavy (non-hydrogen) atoms. The molecule has 0 amide bonds. The standard InChI is InChI=1S/C17H12F8O/c1-2-3-4-5-6-9(18)11(20)7(12(21)10(6)19)8-13(22)15(24)17(26)16(25)14(8)23/h26H,2-5H2,1H3. The number of hydrogen-bond acceptors (Lipinski definition) is 1. The molecule has 0 bridgehead atoms. The van der Waals surface area contributed by atoms with Crippen LogP contribution in [0.15, 0.2) is 0 Å². The lowest BCUT2D eigenvalue weighted by Crippen LogP contribution is -2.10. The maximum absolute atomic E-state index is 14.2. The van der Waals surface area contributed by atoms with Crippen LogP contribution in [-0.2, 0) is 6.42 Å². The van der Waals surface area contributed by atoms with Gasteiger partial charge in [0.2, 0.25) is 11.6 Å². The molecule has 2 aromatic carbocycles. The van der Waals surface area contributed by atoms with E-state index in [4.69, 9.17) is 5.11 Å². The fourth-order valence-electron chi connectivity index (χ4n) is 2.51. The van der Waals surface area contributed by atoms with E-state index in [0.717, 1.165) is 0 Å². The van der Waals surface area contributed by atoms with E-state index in [9.17, 15) is 35.1 Å².